The van der Waals surface area contributed by atoms with Gasteiger partial charge in [-0.2, -0.15) is 0 Å². The van der Waals surface area contributed by atoms with Crippen molar-refractivity contribution in [2.45, 2.75) is 6.54 Å². The largest absolute Gasteiger partial charge is 1.00 e. The number of nitrogens with zero attached hydrogens (tertiary/aromatic N) is 4. The molecule has 1 aromatic carbocycles. The number of anilines is 1. The van der Waals surface area contributed by atoms with E-state index in [2.05, 4.69) is 9.97 Å². The number of non-ortho nitro benzene ring substituents is 1. The summed E-state index contributed by atoms with van der Waals surface area (Å²) < 4.78 is 12.2. The number of fused-ring (bicyclic) bond motifs is 1. The topological polar surface area (TPSA) is 117 Å². The monoisotopic (exact) mass is 421 g/mol. The van der Waals surface area contributed by atoms with Crippen molar-refractivity contribution in [3.8, 4) is 11.8 Å². The Morgan fingerprint density at radius 3 is 2.35 bits per heavy atom. The molecule has 3 aromatic rings. The Hall–Kier alpha value is -3.01. The van der Waals surface area contributed by atoms with E-state index in [9.17, 15) is 10.1 Å². The number of halogens is 1. The van der Waals surface area contributed by atoms with Crippen molar-refractivity contribution in [2.75, 3.05) is 20.0 Å². The van der Waals surface area contributed by atoms with Crippen LogP contribution in [0.4, 0.5) is 11.4 Å². The molecule has 2 heterocycles. The molecule has 3 rings (SSSR count). The van der Waals surface area contributed by atoms with Crippen molar-refractivity contribution < 1.29 is 35.9 Å². The molecule has 0 bridgehead atoms. The number of hydrogen-bond acceptors (Lipinski definition) is 7. The zero-order valence-corrected chi connectivity index (χ0v) is 15.6. The fraction of sp³-hybridized carbons (Fsp3) is 0.188. The molecule has 136 valence electrons. The molecule has 0 unspecified atom stereocenters. The first-order valence-corrected chi connectivity index (χ1v) is 7.33. The average molecular weight is 422 g/mol. The fourth-order valence-electron chi connectivity index (χ4n) is 2.45. The van der Waals surface area contributed by atoms with Gasteiger partial charge in [-0.15, -0.1) is 0 Å². The number of nitrogen functional groups attached to an aromatic ring is 1. The van der Waals surface area contributed by atoms with Crippen molar-refractivity contribution in [3.05, 3.63) is 52.3 Å². The quantitative estimate of drug-likeness (QED) is 0.302. The minimum absolute atomic E-state index is 0. The summed E-state index contributed by atoms with van der Waals surface area (Å²) in [5, 5.41) is 11.2. The lowest BCUT2D eigenvalue weighted by atomic mass is 10.1. The van der Waals surface area contributed by atoms with E-state index >= 15 is 0 Å². The van der Waals surface area contributed by atoms with Crippen LogP contribution in [0.1, 0.15) is 5.56 Å². The van der Waals surface area contributed by atoms with Crippen molar-refractivity contribution in [2.24, 2.45) is 0 Å². The van der Waals surface area contributed by atoms with Gasteiger partial charge in [-0.25, -0.2) is 14.5 Å². The van der Waals surface area contributed by atoms with Crippen LogP contribution in [0.2, 0.25) is 0 Å². The van der Waals surface area contributed by atoms with E-state index in [-0.39, 0.29) is 34.4 Å². The molecular weight excluding hydrogens is 406 g/mol. The van der Waals surface area contributed by atoms with Crippen molar-refractivity contribution in [3.63, 3.8) is 0 Å². The van der Waals surface area contributed by atoms with Gasteiger partial charge in [-0.3, -0.25) is 10.1 Å². The van der Waals surface area contributed by atoms with Gasteiger partial charge in [0.1, 0.15) is 11.0 Å². The number of rotatable bonds is 5. The van der Waals surface area contributed by atoms with Crippen molar-refractivity contribution in [1.82, 2.24) is 9.97 Å². The average Bonchev–Trinajstić information content (AvgIpc) is 2.62. The van der Waals surface area contributed by atoms with Gasteiger partial charge in [-0.1, -0.05) is 0 Å². The predicted molar refractivity (Wildman–Crippen MR) is 89.4 cm³/mol. The Balaban J connectivity index is 0.00000243. The second kappa shape index (κ2) is 7.91. The number of nitro groups is 1. The smallest absolute Gasteiger partial charge is 0.278 e. The van der Waals surface area contributed by atoms with Gasteiger partial charge in [-0.05, 0) is 0 Å². The van der Waals surface area contributed by atoms with E-state index in [1.165, 1.54) is 26.4 Å². The molecule has 0 fully saturated rings. The zero-order valence-electron chi connectivity index (χ0n) is 14.0. The van der Waals surface area contributed by atoms with Crippen LogP contribution in [-0.2, 0) is 6.54 Å². The first kappa shape index (κ1) is 19.3. The molecule has 9 nitrogen and oxygen atoms in total. The lowest BCUT2D eigenvalue weighted by Crippen LogP contribution is -3.00. The lowest BCUT2D eigenvalue weighted by Gasteiger charge is -2.09. The highest BCUT2D eigenvalue weighted by atomic mass is 79.9. The van der Waals surface area contributed by atoms with Gasteiger partial charge >= 0.3 is 0 Å². The molecule has 0 amide bonds. The number of aromatic nitrogens is 3. The minimum atomic E-state index is -0.463. The zero-order chi connectivity index (χ0) is 18.0. The predicted octanol–water partition coefficient (Wildman–Crippen LogP) is -1.52. The Labute approximate surface area is 159 Å². The van der Waals surface area contributed by atoms with Crippen LogP contribution in [0.5, 0.6) is 11.8 Å². The summed E-state index contributed by atoms with van der Waals surface area (Å²) >= 11 is 0. The van der Waals surface area contributed by atoms with Gasteiger partial charge in [0.2, 0.25) is 0 Å². The molecule has 26 heavy (non-hydrogen) atoms. The van der Waals surface area contributed by atoms with Gasteiger partial charge in [0, 0.05) is 30.0 Å². The normalized spacial score (nSPS) is 10.2. The Morgan fingerprint density at radius 1 is 1.15 bits per heavy atom. The summed E-state index contributed by atoms with van der Waals surface area (Å²) in [4.78, 5) is 19.5. The Morgan fingerprint density at radius 2 is 1.77 bits per heavy atom. The molecule has 0 saturated carbocycles. The molecule has 0 spiro atoms. The summed E-state index contributed by atoms with van der Waals surface area (Å²) in [7, 11) is 2.89. The third-order valence-electron chi connectivity index (χ3n) is 3.64. The van der Waals surface area contributed by atoms with E-state index in [1.807, 2.05) is 4.57 Å². The Bertz CT molecular complexity index is 950. The standard InChI is InChI=1S/C16H15N5O4.BrH/c1-24-15-16(25-2)19-14-10(9-20-5-3-11(17)4-6-20)7-12(21(22)23)8-13(14)18-15;/h3-8,17H,9H2,1-2H3;1H. The first-order chi connectivity index (χ1) is 12.0. The fourth-order valence-corrected chi connectivity index (χ4v) is 2.45. The molecule has 10 heteroatoms. The third-order valence-corrected chi connectivity index (χ3v) is 3.64. The Kier molecular flexibility index (Phi) is 5.88. The highest BCUT2D eigenvalue weighted by molar-refractivity contribution is 5.82. The summed E-state index contributed by atoms with van der Waals surface area (Å²) in [6.07, 6.45) is 3.57. The van der Waals surface area contributed by atoms with Crippen LogP contribution in [0.3, 0.4) is 0 Å². The van der Waals surface area contributed by atoms with Crippen LogP contribution < -0.4 is 36.8 Å². The number of hydrogen-bond donors (Lipinski definition) is 1. The second-order valence-corrected chi connectivity index (χ2v) is 5.28. The van der Waals surface area contributed by atoms with E-state index in [0.717, 1.165) is 0 Å². The second-order valence-electron chi connectivity index (χ2n) is 5.28. The molecule has 0 aliphatic rings. The highest BCUT2D eigenvalue weighted by Gasteiger charge is 2.19. The van der Waals surface area contributed by atoms with Crippen LogP contribution in [0, 0.1) is 10.1 Å². The van der Waals surface area contributed by atoms with E-state index in [0.29, 0.717) is 28.8 Å². The number of benzene rings is 1. The van der Waals surface area contributed by atoms with E-state index in [4.69, 9.17) is 15.2 Å². The van der Waals surface area contributed by atoms with Gasteiger partial charge in [0.05, 0.1) is 24.7 Å². The molecule has 0 atom stereocenters. The molecule has 2 N–H and O–H groups in total. The SMILES string of the molecule is COc1nc2cc([N+](=O)[O-])cc(C[n+]3ccc(N)cc3)c2nc1OC.[Br-]. The summed E-state index contributed by atoms with van der Waals surface area (Å²) in [5.41, 5.74) is 7.75. The van der Waals surface area contributed by atoms with Crippen LogP contribution in [0.25, 0.3) is 11.0 Å². The lowest BCUT2D eigenvalue weighted by molar-refractivity contribution is -0.688. The molecular formula is C16H16BrN5O4. The summed E-state index contributed by atoms with van der Waals surface area (Å²) in [6.45, 7) is 0.364. The van der Waals surface area contributed by atoms with Crippen molar-refractivity contribution >= 4 is 22.4 Å². The number of pyridine rings is 1. The number of nitrogens with two attached hydrogens (primary N) is 1. The summed E-state index contributed by atoms with van der Waals surface area (Å²) in [6, 6.07) is 6.33. The number of methoxy groups -OCH3 is 2. The maximum atomic E-state index is 11.2. The molecule has 0 saturated heterocycles. The highest BCUT2D eigenvalue weighted by Crippen LogP contribution is 2.29. The number of nitro benzene ring substituents is 1. The van der Waals surface area contributed by atoms with E-state index < -0.39 is 4.92 Å². The molecule has 2 aromatic heterocycles. The molecule has 0 aliphatic carbocycles. The maximum Gasteiger partial charge on any atom is 0.278 e. The van der Waals surface area contributed by atoms with E-state index in [1.54, 1.807) is 24.5 Å². The van der Waals surface area contributed by atoms with Crippen molar-refractivity contribution in [1.29, 1.82) is 0 Å². The summed E-state index contributed by atoms with van der Waals surface area (Å²) in [5.74, 6) is 0.383. The van der Waals surface area contributed by atoms with Gasteiger partial charge < -0.3 is 32.2 Å². The maximum absolute atomic E-state index is 11.2. The van der Waals surface area contributed by atoms with Crippen LogP contribution in [0.15, 0.2) is 36.7 Å². The van der Waals surface area contributed by atoms with Crippen LogP contribution in [-0.4, -0.2) is 29.1 Å². The molecule has 0 radical (unpaired) electrons. The van der Waals surface area contributed by atoms with Gasteiger partial charge in [0.25, 0.3) is 17.4 Å². The van der Waals surface area contributed by atoms with Crippen LogP contribution >= 0.6 is 0 Å². The molecule has 0 aliphatic heterocycles. The third kappa shape index (κ3) is 3.80. The minimum Gasteiger partial charge on any atom is -1.00 e. The first-order valence-electron chi connectivity index (χ1n) is 7.33. The number of ether oxygens (including phenoxy) is 2. The van der Waals surface area contributed by atoms with Gasteiger partial charge in [0.15, 0.2) is 18.9 Å².